The quantitative estimate of drug-likeness (QED) is 0.0362. The summed E-state index contributed by atoms with van der Waals surface area (Å²) >= 11 is 0. The van der Waals surface area contributed by atoms with Crippen LogP contribution in [0.5, 0.6) is 23.0 Å². The van der Waals surface area contributed by atoms with Gasteiger partial charge in [0.25, 0.3) is 11.4 Å². The Morgan fingerprint density at radius 2 is 1.66 bits per heavy atom. The first-order valence-corrected chi connectivity index (χ1v) is 27.4. The number of aromatic nitrogens is 1. The second-order valence-electron chi connectivity index (χ2n) is 22.8. The molecule has 12 atom stereocenters. The lowest BCUT2D eigenvalue weighted by Gasteiger charge is -2.62. The van der Waals surface area contributed by atoms with Crippen LogP contribution in [0.25, 0.3) is 22.3 Å². The van der Waals surface area contributed by atoms with Crippen LogP contribution in [-0.4, -0.2) is 168 Å². The molecule has 13 rings (SSSR count). The molecule has 0 amide bonds. The number of phenolic OH excluding ortho intramolecular Hbond substituents is 3. The zero-order chi connectivity index (χ0) is 59.0. The number of dihydropyridines is 1. The number of piperidine rings is 1. The first-order chi connectivity index (χ1) is 39.5. The number of fused-ring (bicyclic) bond motifs is 6. The Morgan fingerprint density at radius 1 is 0.892 bits per heavy atom. The van der Waals surface area contributed by atoms with Crippen molar-refractivity contribution in [2.24, 2.45) is 11.3 Å². The number of esters is 1. The first kappa shape index (κ1) is 56.2. The molecule has 438 valence electrons. The van der Waals surface area contributed by atoms with Crippen LogP contribution < -0.4 is 20.8 Å². The van der Waals surface area contributed by atoms with E-state index in [1.54, 1.807) is 18.5 Å². The van der Waals surface area contributed by atoms with Crippen LogP contribution in [0.15, 0.2) is 80.8 Å². The number of H-pyrrole nitrogens is 1. The molecule has 9 heterocycles. The van der Waals surface area contributed by atoms with Gasteiger partial charge in [-0.25, -0.2) is 9.59 Å². The molecule has 1 saturated carbocycles. The van der Waals surface area contributed by atoms with Crippen molar-refractivity contribution in [2.45, 2.75) is 142 Å². The van der Waals surface area contributed by atoms with E-state index < -0.39 is 148 Å². The van der Waals surface area contributed by atoms with Gasteiger partial charge >= 0.3 is 11.9 Å². The van der Waals surface area contributed by atoms with E-state index in [0.29, 0.717) is 36.2 Å². The van der Waals surface area contributed by atoms with Gasteiger partial charge in [0.15, 0.2) is 34.7 Å². The Bertz CT molecular complexity index is 3690. The Balaban J connectivity index is 1.17. The maximum atomic E-state index is 16.3. The molecule has 9 aliphatic rings. The van der Waals surface area contributed by atoms with E-state index in [9.17, 15) is 76.0 Å². The number of aromatic amines is 1. The van der Waals surface area contributed by atoms with Gasteiger partial charge in [-0.1, -0.05) is 49.7 Å². The van der Waals surface area contributed by atoms with Crippen LogP contribution in [0.2, 0.25) is 0 Å². The number of nitrogens with one attached hydrogen (secondary N) is 3. The van der Waals surface area contributed by atoms with Gasteiger partial charge in [-0.15, -0.1) is 0 Å². The summed E-state index contributed by atoms with van der Waals surface area (Å²) in [5.74, 6) is -7.23. The van der Waals surface area contributed by atoms with Crippen molar-refractivity contribution in [3.63, 3.8) is 0 Å². The minimum absolute atomic E-state index is 0.00347. The number of carbonyl (C=O) groups excluding carboxylic acids is 1. The van der Waals surface area contributed by atoms with E-state index in [1.807, 2.05) is 13.0 Å². The number of ether oxygens (including phenoxy) is 4. The molecule has 16 N–H and O–H groups in total. The largest absolute Gasteiger partial charge is 0.507 e. The van der Waals surface area contributed by atoms with Crippen molar-refractivity contribution in [3.8, 4) is 58.0 Å². The van der Waals surface area contributed by atoms with Crippen LogP contribution >= 0.6 is 0 Å². The molecule has 24 heteroatoms. The van der Waals surface area contributed by atoms with Crippen LogP contribution in [0.4, 0.5) is 0 Å². The fourth-order valence-electron chi connectivity index (χ4n) is 13.8. The molecular weight excluding hydrogens is 1090 g/mol. The normalized spacial score (nSPS) is 34.5. The van der Waals surface area contributed by atoms with Gasteiger partial charge in [-0.3, -0.25) is 10.1 Å². The number of carbonyl (C=O) groups is 2. The fraction of sp³-hybridized carbons (Fsp3) is 0.475. The number of carboxylic acid groups (broad SMARTS) is 1. The monoisotopic (exact) mass is 1150 g/mol. The van der Waals surface area contributed by atoms with Crippen molar-refractivity contribution in [2.75, 3.05) is 19.8 Å². The van der Waals surface area contributed by atoms with Crippen molar-refractivity contribution < 1.29 is 99.3 Å². The minimum Gasteiger partial charge on any atom is -0.507 e. The third-order valence-electron chi connectivity index (χ3n) is 18.2. The molecule has 2 aliphatic carbocycles. The van der Waals surface area contributed by atoms with Crippen LogP contribution in [0.1, 0.15) is 86.6 Å². The molecule has 4 fully saturated rings. The van der Waals surface area contributed by atoms with E-state index >= 15 is 4.79 Å². The third-order valence-corrected chi connectivity index (χ3v) is 18.2. The Hall–Kier alpha value is -7.27. The lowest BCUT2D eigenvalue weighted by Crippen LogP contribution is -2.84. The van der Waals surface area contributed by atoms with E-state index in [2.05, 4.69) is 39.3 Å². The number of hydrogen-bond acceptors (Lipinski definition) is 22. The minimum atomic E-state index is -3.99. The number of aliphatic carboxylic acids is 1. The molecule has 4 aromatic rings. The highest BCUT2D eigenvalue weighted by Gasteiger charge is 2.81. The van der Waals surface area contributed by atoms with Gasteiger partial charge in [-0.2, -0.15) is 0 Å². The van der Waals surface area contributed by atoms with Crippen molar-refractivity contribution in [1.29, 1.82) is 0 Å². The first-order valence-electron chi connectivity index (χ1n) is 27.4. The topological polar surface area (TPSA) is 404 Å². The number of aromatic hydroxyl groups is 3. The summed E-state index contributed by atoms with van der Waals surface area (Å²) in [6.07, 6.45) is -6.61. The molecule has 0 radical (unpaired) electrons. The van der Waals surface area contributed by atoms with Gasteiger partial charge in [-0.05, 0) is 79.8 Å². The second-order valence-corrected chi connectivity index (χ2v) is 22.8. The molecule has 4 bridgehead atoms. The molecule has 7 aliphatic heterocycles. The number of carboxylic acids is 1. The molecule has 24 nitrogen and oxygen atoms in total. The summed E-state index contributed by atoms with van der Waals surface area (Å²) in [6.45, 7) is 1.53. The average molecular weight is 1150 g/mol. The zero-order valence-electron chi connectivity index (χ0n) is 44.5. The average Bonchev–Trinajstić information content (AvgIpc) is 1.75. The molecular formula is C59H61N3O21. The summed E-state index contributed by atoms with van der Waals surface area (Å²) in [4.78, 5) is 47.6. The number of allylic oxidation sites excluding steroid dienone is 3. The number of phenols is 3. The van der Waals surface area contributed by atoms with Crippen LogP contribution in [0.3, 0.4) is 0 Å². The Kier molecular flexibility index (Phi) is 13.3. The highest BCUT2D eigenvalue weighted by Crippen LogP contribution is 2.63. The van der Waals surface area contributed by atoms with E-state index in [1.165, 1.54) is 18.2 Å². The van der Waals surface area contributed by atoms with Crippen LogP contribution in [-0.2, 0) is 36.6 Å². The van der Waals surface area contributed by atoms with Gasteiger partial charge in [0.1, 0.15) is 40.4 Å². The lowest BCUT2D eigenvalue weighted by molar-refractivity contribution is -0.434. The van der Waals surface area contributed by atoms with Crippen molar-refractivity contribution in [1.82, 2.24) is 15.6 Å². The number of hydrogen-bond donors (Lipinski definition) is 16. The van der Waals surface area contributed by atoms with Gasteiger partial charge in [0.2, 0.25) is 17.2 Å². The SMILES string of the molecule is C[C@H]1CCNC2NC=C([C@@H]3C=C4Cc5[nH]ccc5C#CC5(CCCC5)[C@]5(O)[C@H](O)[C@@H](O)[C@@]4(Oc4cc6oc(-c7cc(O)c(O)c(CCO)c7)cc(=O)c6c(O)c43)O[C@@]53CC#C[C@]4(C(=O)O)O[C@](CCCO)(OC3=O)[C@H](O)[C@@H](O)C4(O)O)C=C21. The van der Waals surface area contributed by atoms with Crippen molar-refractivity contribution in [3.05, 3.63) is 104 Å². The summed E-state index contributed by atoms with van der Waals surface area (Å²) in [7, 11) is 0. The number of rotatable bonds is 8. The summed E-state index contributed by atoms with van der Waals surface area (Å²) in [5, 5.41) is 159. The number of benzene rings is 2. The number of aliphatic hydroxyl groups is 9. The summed E-state index contributed by atoms with van der Waals surface area (Å²) < 4.78 is 32.7. The van der Waals surface area contributed by atoms with Gasteiger partial charge < -0.3 is 100 Å². The molecule has 3 saturated heterocycles. The fourth-order valence-corrected chi connectivity index (χ4v) is 13.8. The predicted molar refractivity (Wildman–Crippen MR) is 284 cm³/mol. The molecule has 2 aromatic carbocycles. The summed E-state index contributed by atoms with van der Waals surface area (Å²) in [6, 6.07) is 6.33. The number of aliphatic hydroxyl groups excluding tert-OH is 6. The van der Waals surface area contributed by atoms with Gasteiger partial charge in [0.05, 0.1) is 18.0 Å². The highest BCUT2D eigenvalue weighted by atomic mass is 16.8. The third kappa shape index (κ3) is 7.90. The summed E-state index contributed by atoms with van der Waals surface area (Å²) in [5.41, 5.74) is -11.7. The maximum absolute atomic E-state index is 16.3. The molecule has 2 aromatic heterocycles. The van der Waals surface area contributed by atoms with Crippen molar-refractivity contribution >= 4 is 22.9 Å². The van der Waals surface area contributed by atoms with Gasteiger partial charge in [0, 0.05) is 90.0 Å². The van der Waals surface area contributed by atoms with E-state index in [0.717, 1.165) is 24.1 Å². The highest BCUT2D eigenvalue weighted by molar-refractivity contribution is 5.90. The Morgan fingerprint density at radius 3 is 2.40 bits per heavy atom. The molecule has 3 spiro atoms. The molecule has 1 unspecified atom stereocenters. The Labute approximate surface area is 471 Å². The zero-order valence-corrected chi connectivity index (χ0v) is 44.5. The van der Waals surface area contributed by atoms with E-state index in [-0.39, 0.29) is 71.4 Å². The van der Waals surface area contributed by atoms with E-state index in [4.69, 9.17) is 23.4 Å². The second kappa shape index (κ2) is 19.7. The lowest BCUT2D eigenvalue weighted by atomic mass is 9.55. The smallest absolute Gasteiger partial charge is 0.354 e. The van der Waals surface area contributed by atoms with Crippen LogP contribution in [0, 0.1) is 35.0 Å². The molecule has 83 heavy (non-hydrogen) atoms. The maximum Gasteiger partial charge on any atom is 0.354 e. The predicted octanol–water partition coefficient (Wildman–Crippen LogP) is -0.0271. The standard InChI is InChI=1S/C59H61N3O21/c1-28-7-16-61-50-34(28)21-32(27-62-50)35-23-33-24-36-29(8-17-60-36)6-15-53(10-2-3-11-53)58(76)48(71)47(70)57(33,80-41-26-40-43(45(68)42(35)41)37(65)25-39(79-40)31-20-30(9-19-64)44(67)38(66)22-31)83-55(58)13-4-12-54(51(73)74)59(77,78)49(72)46(69)56(82-54,14-5-18-63)81-52(55)75/h8,17,20-23,25-28,35,46-50,60-64,66-72,76-78H,2-3,5,7,9-11,13-14,16,18-19,24H2,1H3,(H,73,74)/t28-,35-,46+,47+,48+,49+,50?,54+,55+,56-,57-,58+/m0/s1.